The van der Waals surface area contributed by atoms with Crippen LogP contribution in [-0.4, -0.2) is 16.9 Å². The fourth-order valence-corrected chi connectivity index (χ4v) is 5.07. The minimum absolute atomic E-state index is 0.0852. The van der Waals surface area contributed by atoms with Crippen LogP contribution in [0.2, 0.25) is 10.0 Å². The molecule has 0 atom stereocenters. The van der Waals surface area contributed by atoms with Crippen molar-refractivity contribution in [3.8, 4) is 5.75 Å². The number of anilines is 1. The van der Waals surface area contributed by atoms with Crippen LogP contribution in [0.15, 0.2) is 88.9 Å². The van der Waals surface area contributed by atoms with Crippen molar-refractivity contribution < 1.29 is 14.3 Å². The van der Waals surface area contributed by atoms with Gasteiger partial charge in [0.2, 0.25) is 0 Å². The van der Waals surface area contributed by atoms with Crippen LogP contribution >= 0.6 is 51.3 Å². The van der Waals surface area contributed by atoms with Gasteiger partial charge in [-0.15, -0.1) is 0 Å². The molecule has 4 aromatic rings. The van der Waals surface area contributed by atoms with Gasteiger partial charge < -0.3 is 4.74 Å². The normalized spacial score (nSPS) is 14.8. The molecule has 9 heteroatoms. The molecule has 4 aromatic carbocycles. The number of ether oxygens (including phenoxy) is 1. The highest BCUT2D eigenvalue weighted by atomic mass is 79.9. The molecule has 1 N–H and O–H groups in total. The van der Waals surface area contributed by atoms with Gasteiger partial charge >= 0.3 is 0 Å². The topological polar surface area (TPSA) is 58.6 Å². The number of rotatable bonds is 5. The maximum absolute atomic E-state index is 13.5. The fraction of sp³-hybridized carbons (Fsp3) is 0.0357. The molecule has 0 spiro atoms. The summed E-state index contributed by atoms with van der Waals surface area (Å²) >= 11 is 21.2. The van der Waals surface area contributed by atoms with Crippen molar-refractivity contribution in [1.29, 1.82) is 0 Å². The van der Waals surface area contributed by atoms with Gasteiger partial charge in [0.15, 0.2) is 5.11 Å². The third-order valence-electron chi connectivity index (χ3n) is 5.81. The highest BCUT2D eigenvalue weighted by Crippen LogP contribution is 2.35. The number of carbonyl (C=O) groups is 2. The van der Waals surface area contributed by atoms with Gasteiger partial charge in [0, 0.05) is 10.0 Å². The van der Waals surface area contributed by atoms with Crippen LogP contribution in [0.4, 0.5) is 5.69 Å². The number of thiocarbonyl (C=S) groups is 1. The molecule has 1 fully saturated rings. The average Bonchev–Trinajstić information content (AvgIpc) is 2.88. The van der Waals surface area contributed by atoms with Crippen molar-refractivity contribution in [2.24, 2.45) is 0 Å². The number of halogens is 3. The molecule has 184 valence electrons. The maximum Gasteiger partial charge on any atom is 0.270 e. The Kier molecular flexibility index (Phi) is 7.31. The number of nitrogens with one attached hydrogen (secondary N) is 1. The highest BCUT2D eigenvalue weighted by molar-refractivity contribution is 9.10. The Bertz CT molecular complexity index is 1620. The van der Waals surface area contributed by atoms with E-state index in [0.29, 0.717) is 17.9 Å². The summed E-state index contributed by atoms with van der Waals surface area (Å²) in [7, 11) is 0. The van der Waals surface area contributed by atoms with E-state index in [2.05, 4.69) is 21.2 Å². The molecule has 0 radical (unpaired) electrons. The lowest BCUT2D eigenvalue weighted by molar-refractivity contribution is -0.122. The Morgan fingerprint density at radius 2 is 1.73 bits per heavy atom. The molecule has 1 heterocycles. The third kappa shape index (κ3) is 5.13. The lowest BCUT2D eigenvalue weighted by Gasteiger charge is -2.29. The third-order valence-corrected chi connectivity index (χ3v) is 7.40. The number of benzene rings is 4. The summed E-state index contributed by atoms with van der Waals surface area (Å²) in [6.07, 6.45) is 1.48. The van der Waals surface area contributed by atoms with Gasteiger partial charge in [-0.25, -0.2) is 0 Å². The van der Waals surface area contributed by atoms with E-state index >= 15 is 0 Å². The fourth-order valence-electron chi connectivity index (χ4n) is 4.03. The predicted octanol–water partition coefficient (Wildman–Crippen LogP) is 7.32. The molecule has 0 unspecified atom stereocenters. The van der Waals surface area contributed by atoms with E-state index in [0.717, 1.165) is 25.7 Å². The van der Waals surface area contributed by atoms with E-state index in [1.54, 1.807) is 30.3 Å². The van der Waals surface area contributed by atoms with Crippen LogP contribution in [0.1, 0.15) is 11.1 Å². The monoisotopic (exact) mass is 610 g/mol. The quantitative estimate of drug-likeness (QED) is 0.146. The number of hydrogen-bond donors (Lipinski definition) is 1. The second-order valence-electron chi connectivity index (χ2n) is 8.14. The minimum atomic E-state index is -0.627. The van der Waals surface area contributed by atoms with E-state index in [1.165, 1.54) is 6.08 Å². The van der Waals surface area contributed by atoms with Crippen LogP contribution in [0.25, 0.3) is 16.8 Å². The summed E-state index contributed by atoms with van der Waals surface area (Å²) in [5.74, 6) is -0.744. The lowest BCUT2D eigenvalue weighted by Crippen LogP contribution is -2.54. The molecule has 5 rings (SSSR count). The van der Waals surface area contributed by atoms with E-state index in [9.17, 15) is 9.59 Å². The summed E-state index contributed by atoms with van der Waals surface area (Å²) < 4.78 is 6.93. The van der Waals surface area contributed by atoms with Gasteiger partial charge in [-0.2, -0.15) is 0 Å². The number of hydrogen-bond acceptors (Lipinski definition) is 4. The first-order chi connectivity index (χ1) is 17.8. The number of nitrogens with zero attached hydrogens (tertiary/aromatic N) is 1. The number of fused-ring (bicyclic) bond motifs is 1. The van der Waals surface area contributed by atoms with E-state index < -0.39 is 11.8 Å². The van der Waals surface area contributed by atoms with Crippen molar-refractivity contribution in [2.45, 2.75) is 6.61 Å². The Morgan fingerprint density at radius 1 is 0.973 bits per heavy atom. The zero-order valence-electron chi connectivity index (χ0n) is 19.0. The molecule has 1 aliphatic rings. The van der Waals surface area contributed by atoms with Crippen LogP contribution < -0.4 is 15.0 Å². The molecule has 0 aromatic heterocycles. The van der Waals surface area contributed by atoms with Crippen LogP contribution in [0, 0.1) is 0 Å². The largest absolute Gasteiger partial charge is 0.488 e. The first-order valence-corrected chi connectivity index (χ1v) is 13.0. The molecule has 1 aliphatic heterocycles. The summed E-state index contributed by atoms with van der Waals surface area (Å²) in [5, 5.41) is 5.09. The standard InChI is InChI=1S/C28H17BrCl2N2O3S/c29-19-11-12-24(36-15-17-7-3-6-16-5-1-2-8-20(16)17)18(13-19)14-21-26(34)32-28(37)33(27(21)35)23-10-4-9-22(30)25(23)31/h1-14H,15H2,(H,32,34,37)/b21-14+. The smallest absolute Gasteiger partial charge is 0.270 e. The molecule has 0 aliphatic carbocycles. The molecule has 0 bridgehead atoms. The van der Waals surface area contributed by atoms with E-state index in [-0.39, 0.29) is 26.4 Å². The Hall–Kier alpha value is -3.23. The van der Waals surface area contributed by atoms with Crippen molar-refractivity contribution >= 4 is 90.8 Å². The predicted molar refractivity (Wildman–Crippen MR) is 155 cm³/mol. The second kappa shape index (κ2) is 10.6. The van der Waals surface area contributed by atoms with Crippen LogP contribution in [-0.2, 0) is 16.2 Å². The zero-order valence-corrected chi connectivity index (χ0v) is 22.9. The first kappa shape index (κ1) is 25.4. The second-order valence-corrected chi connectivity index (χ2v) is 10.2. The van der Waals surface area contributed by atoms with E-state index in [4.69, 9.17) is 40.2 Å². The van der Waals surface area contributed by atoms with Crippen LogP contribution in [0.5, 0.6) is 5.75 Å². The van der Waals surface area contributed by atoms with Gasteiger partial charge in [0.1, 0.15) is 17.9 Å². The van der Waals surface area contributed by atoms with Gasteiger partial charge in [0.25, 0.3) is 11.8 Å². The first-order valence-electron chi connectivity index (χ1n) is 11.1. The maximum atomic E-state index is 13.5. The van der Waals surface area contributed by atoms with E-state index in [1.807, 2.05) is 48.5 Å². The molecular formula is C28H17BrCl2N2O3S. The molecule has 0 saturated carbocycles. The Morgan fingerprint density at radius 3 is 2.57 bits per heavy atom. The average molecular weight is 612 g/mol. The number of carbonyl (C=O) groups excluding carboxylic acids is 2. The number of amides is 2. The van der Waals surface area contributed by atoms with Crippen molar-refractivity contribution in [3.05, 3.63) is 110 Å². The Balaban J connectivity index is 1.50. The van der Waals surface area contributed by atoms with Crippen molar-refractivity contribution in [3.63, 3.8) is 0 Å². The molecule has 1 saturated heterocycles. The van der Waals surface area contributed by atoms with Crippen molar-refractivity contribution in [1.82, 2.24) is 5.32 Å². The summed E-state index contributed by atoms with van der Waals surface area (Å²) in [6, 6.07) is 24.3. The molecule has 37 heavy (non-hydrogen) atoms. The van der Waals surface area contributed by atoms with Gasteiger partial charge in [-0.1, -0.05) is 87.7 Å². The summed E-state index contributed by atoms with van der Waals surface area (Å²) in [5.41, 5.74) is 1.70. The van der Waals surface area contributed by atoms with Gasteiger partial charge in [-0.05, 0) is 65.0 Å². The summed E-state index contributed by atoms with van der Waals surface area (Å²) in [4.78, 5) is 27.5. The SMILES string of the molecule is O=C1NC(=S)N(c2cccc(Cl)c2Cl)C(=O)/C1=C/c1cc(Br)ccc1OCc1cccc2ccccc12. The van der Waals surface area contributed by atoms with Gasteiger partial charge in [0.05, 0.1) is 15.7 Å². The highest BCUT2D eigenvalue weighted by Gasteiger charge is 2.36. The molecule has 2 amide bonds. The lowest BCUT2D eigenvalue weighted by atomic mass is 10.0. The molecule has 5 nitrogen and oxygen atoms in total. The van der Waals surface area contributed by atoms with Crippen LogP contribution in [0.3, 0.4) is 0 Å². The molecular weight excluding hydrogens is 595 g/mol. The summed E-state index contributed by atoms with van der Waals surface area (Å²) in [6.45, 7) is 0.299. The Labute approximate surface area is 236 Å². The minimum Gasteiger partial charge on any atom is -0.488 e. The van der Waals surface area contributed by atoms with Gasteiger partial charge in [-0.3, -0.25) is 19.8 Å². The van der Waals surface area contributed by atoms with Crippen molar-refractivity contribution in [2.75, 3.05) is 4.90 Å². The zero-order chi connectivity index (χ0) is 26.1.